The third-order valence-electron chi connectivity index (χ3n) is 2.61. The van der Waals surface area contributed by atoms with Gasteiger partial charge in [0.05, 0.1) is 5.41 Å². The Bertz CT molecular complexity index is 250. The van der Waals surface area contributed by atoms with E-state index in [9.17, 15) is 9.59 Å². The van der Waals surface area contributed by atoms with Gasteiger partial charge in [0.25, 0.3) is 0 Å². The number of aliphatic carboxylic acids is 1. The summed E-state index contributed by atoms with van der Waals surface area (Å²) in [4.78, 5) is 21.3. The molecule has 1 aliphatic carbocycles. The smallest absolute Gasteiger partial charge is 0.314 e. The molecule has 0 amide bonds. The van der Waals surface area contributed by atoms with Crippen molar-refractivity contribution in [3.05, 3.63) is 5.57 Å². The number of carboxylic acids is 1. The van der Waals surface area contributed by atoms with Crippen molar-refractivity contribution >= 4 is 11.9 Å². The van der Waals surface area contributed by atoms with Crippen LogP contribution in [0.1, 0.15) is 32.6 Å². The van der Waals surface area contributed by atoms with Gasteiger partial charge in [0.2, 0.25) is 0 Å². The number of carbonyl (C=O) groups is 1. The first-order valence-corrected chi connectivity index (χ1v) is 4.09. The Balaban J connectivity index is 2.99. The van der Waals surface area contributed by atoms with Crippen molar-refractivity contribution in [1.82, 2.24) is 0 Å². The topological polar surface area (TPSA) is 54.4 Å². The van der Waals surface area contributed by atoms with Gasteiger partial charge in [0.1, 0.15) is 5.94 Å². The van der Waals surface area contributed by atoms with E-state index >= 15 is 0 Å². The van der Waals surface area contributed by atoms with Crippen molar-refractivity contribution in [3.63, 3.8) is 0 Å². The number of hydrogen-bond acceptors (Lipinski definition) is 2. The highest BCUT2D eigenvalue weighted by molar-refractivity contribution is 5.82. The van der Waals surface area contributed by atoms with Crippen LogP contribution in [0.5, 0.6) is 0 Å². The minimum absolute atomic E-state index is 0.418. The standard InChI is InChI=1S/C9H12O3/c1-9(8(11)12)5-3-2-4-7(9)6-10/h2-5H2,1H3,(H,11,12). The van der Waals surface area contributed by atoms with Crippen LogP contribution in [0.4, 0.5) is 0 Å². The summed E-state index contributed by atoms with van der Waals surface area (Å²) in [6.45, 7) is 1.61. The van der Waals surface area contributed by atoms with Gasteiger partial charge >= 0.3 is 5.97 Å². The molecule has 3 nitrogen and oxygen atoms in total. The predicted molar refractivity (Wildman–Crippen MR) is 43.4 cm³/mol. The van der Waals surface area contributed by atoms with E-state index in [-0.39, 0.29) is 0 Å². The van der Waals surface area contributed by atoms with E-state index in [0.29, 0.717) is 18.4 Å². The van der Waals surface area contributed by atoms with Crippen molar-refractivity contribution in [1.29, 1.82) is 0 Å². The van der Waals surface area contributed by atoms with E-state index in [4.69, 9.17) is 5.11 Å². The van der Waals surface area contributed by atoms with Gasteiger partial charge in [-0.05, 0) is 26.2 Å². The van der Waals surface area contributed by atoms with Crippen LogP contribution in [0.3, 0.4) is 0 Å². The molecule has 1 atom stereocenters. The van der Waals surface area contributed by atoms with Gasteiger partial charge in [0.15, 0.2) is 0 Å². The molecule has 1 rings (SSSR count). The maximum absolute atomic E-state index is 10.8. The lowest BCUT2D eigenvalue weighted by Crippen LogP contribution is -2.32. The molecule has 1 N–H and O–H groups in total. The average molecular weight is 168 g/mol. The maximum Gasteiger partial charge on any atom is 0.314 e. The molecule has 1 unspecified atom stereocenters. The molecule has 12 heavy (non-hydrogen) atoms. The SMILES string of the molecule is CC1(C(=O)O)CCCCC1=C=O. The second kappa shape index (κ2) is 3.11. The van der Waals surface area contributed by atoms with Gasteiger partial charge in [-0.2, -0.15) is 0 Å². The van der Waals surface area contributed by atoms with E-state index in [2.05, 4.69) is 0 Å². The highest BCUT2D eigenvalue weighted by atomic mass is 16.4. The van der Waals surface area contributed by atoms with Crippen molar-refractivity contribution in [2.45, 2.75) is 32.6 Å². The zero-order valence-electron chi connectivity index (χ0n) is 7.09. The summed E-state index contributed by atoms with van der Waals surface area (Å²) in [5.74, 6) is 0.859. The molecule has 0 spiro atoms. The lowest BCUT2D eigenvalue weighted by atomic mass is 9.72. The van der Waals surface area contributed by atoms with Crippen LogP contribution in [0.25, 0.3) is 0 Å². The van der Waals surface area contributed by atoms with E-state index in [1.807, 2.05) is 0 Å². The molecular formula is C9H12O3. The van der Waals surface area contributed by atoms with E-state index < -0.39 is 11.4 Å². The fourth-order valence-electron chi connectivity index (χ4n) is 1.61. The number of carboxylic acid groups (broad SMARTS) is 1. The fourth-order valence-corrected chi connectivity index (χ4v) is 1.61. The van der Waals surface area contributed by atoms with Gasteiger partial charge in [0, 0.05) is 5.57 Å². The number of hydrogen-bond donors (Lipinski definition) is 1. The summed E-state index contributed by atoms with van der Waals surface area (Å²) in [6, 6.07) is 0. The molecule has 66 valence electrons. The van der Waals surface area contributed by atoms with Crippen molar-refractivity contribution in [3.8, 4) is 0 Å². The second-order valence-electron chi connectivity index (χ2n) is 3.42. The van der Waals surface area contributed by atoms with E-state index in [0.717, 1.165) is 12.8 Å². The van der Waals surface area contributed by atoms with Gasteiger partial charge in [-0.15, -0.1) is 0 Å². The van der Waals surface area contributed by atoms with Crippen LogP contribution < -0.4 is 0 Å². The third-order valence-corrected chi connectivity index (χ3v) is 2.61. The second-order valence-corrected chi connectivity index (χ2v) is 3.42. The summed E-state index contributed by atoms with van der Waals surface area (Å²) in [5.41, 5.74) is -0.527. The molecule has 0 heterocycles. The van der Waals surface area contributed by atoms with Crippen molar-refractivity contribution in [2.75, 3.05) is 0 Å². The first-order chi connectivity index (χ1) is 5.61. The largest absolute Gasteiger partial charge is 0.481 e. The molecular weight excluding hydrogens is 156 g/mol. The quantitative estimate of drug-likeness (QED) is 0.602. The Morgan fingerprint density at radius 2 is 2.25 bits per heavy atom. The van der Waals surface area contributed by atoms with Crippen molar-refractivity contribution in [2.24, 2.45) is 5.41 Å². The average Bonchev–Trinajstić information content (AvgIpc) is 2.05. The predicted octanol–water partition coefficient (Wildman–Crippen LogP) is 1.41. The Morgan fingerprint density at radius 3 is 2.67 bits per heavy atom. The first-order valence-electron chi connectivity index (χ1n) is 4.09. The summed E-state index contributed by atoms with van der Waals surface area (Å²) in [7, 11) is 0. The normalized spacial score (nSPS) is 29.6. The fraction of sp³-hybridized carbons (Fsp3) is 0.667. The van der Waals surface area contributed by atoms with Crippen LogP contribution in [-0.4, -0.2) is 17.0 Å². The zero-order valence-corrected chi connectivity index (χ0v) is 7.09. The Labute approximate surface area is 71.1 Å². The lowest BCUT2D eigenvalue weighted by molar-refractivity contribution is -0.146. The van der Waals surface area contributed by atoms with E-state index in [1.54, 1.807) is 12.9 Å². The molecule has 0 radical (unpaired) electrons. The number of carbonyl (C=O) groups excluding carboxylic acids is 1. The molecule has 1 aliphatic rings. The molecule has 0 aromatic heterocycles. The molecule has 0 saturated heterocycles. The maximum atomic E-state index is 10.8. The molecule has 0 aliphatic heterocycles. The first kappa shape index (κ1) is 9.01. The zero-order chi connectivity index (χ0) is 9.19. The molecule has 1 fully saturated rings. The minimum atomic E-state index is -0.944. The molecule has 3 heteroatoms. The summed E-state index contributed by atoms with van der Waals surface area (Å²) < 4.78 is 0. The Morgan fingerprint density at radius 1 is 1.58 bits per heavy atom. The van der Waals surface area contributed by atoms with Crippen LogP contribution in [0, 0.1) is 5.41 Å². The van der Waals surface area contributed by atoms with Gasteiger partial charge < -0.3 is 5.11 Å². The minimum Gasteiger partial charge on any atom is -0.481 e. The summed E-state index contributed by atoms with van der Waals surface area (Å²) >= 11 is 0. The van der Waals surface area contributed by atoms with Crippen LogP contribution in [0.15, 0.2) is 5.57 Å². The van der Waals surface area contributed by atoms with Gasteiger partial charge in [-0.1, -0.05) is 6.42 Å². The monoisotopic (exact) mass is 168 g/mol. The summed E-state index contributed by atoms with van der Waals surface area (Å²) in [5, 5.41) is 8.90. The third kappa shape index (κ3) is 1.28. The molecule has 0 aromatic carbocycles. The van der Waals surface area contributed by atoms with E-state index in [1.165, 1.54) is 0 Å². The van der Waals surface area contributed by atoms with Crippen LogP contribution in [0.2, 0.25) is 0 Å². The highest BCUT2D eigenvalue weighted by Crippen LogP contribution is 2.39. The highest BCUT2D eigenvalue weighted by Gasteiger charge is 2.39. The lowest BCUT2D eigenvalue weighted by Gasteiger charge is -2.29. The molecule has 1 saturated carbocycles. The van der Waals surface area contributed by atoms with Crippen LogP contribution >= 0.6 is 0 Å². The Hall–Kier alpha value is -1.08. The molecule has 0 bridgehead atoms. The summed E-state index contributed by atoms with van der Waals surface area (Å²) in [6.07, 6.45) is 2.95. The van der Waals surface area contributed by atoms with Crippen LogP contribution in [-0.2, 0) is 9.59 Å². The molecule has 0 aromatic rings. The van der Waals surface area contributed by atoms with Gasteiger partial charge in [-0.25, -0.2) is 4.79 Å². The van der Waals surface area contributed by atoms with Crippen molar-refractivity contribution < 1.29 is 14.7 Å². The van der Waals surface area contributed by atoms with Gasteiger partial charge in [-0.3, -0.25) is 4.79 Å². The number of rotatable bonds is 1. The Kier molecular flexibility index (Phi) is 2.34.